The van der Waals surface area contributed by atoms with Gasteiger partial charge < -0.3 is 15.4 Å². The fourth-order valence-corrected chi connectivity index (χ4v) is 3.37. The smallest absolute Gasteiger partial charge is 0.251 e. The number of nitrogens with one attached hydrogen (secondary N) is 3. The van der Waals surface area contributed by atoms with E-state index in [1.807, 2.05) is 13.8 Å². The highest BCUT2D eigenvalue weighted by Gasteiger charge is 2.24. The van der Waals surface area contributed by atoms with Gasteiger partial charge in [-0.3, -0.25) is 14.3 Å². The van der Waals surface area contributed by atoms with E-state index < -0.39 is 16.1 Å². The zero-order chi connectivity index (χ0) is 22.3. The number of amides is 2. The highest BCUT2D eigenvalue weighted by Crippen LogP contribution is 2.16. The van der Waals surface area contributed by atoms with E-state index in [-0.39, 0.29) is 24.3 Å². The zero-order valence-corrected chi connectivity index (χ0v) is 18.2. The summed E-state index contributed by atoms with van der Waals surface area (Å²) in [4.78, 5) is 25.3. The molecule has 2 aromatic rings. The average Bonchev–Trinajstić information content (AvgIpc) is 2.69. The molecule has 3 N–H and O–H groups in total. The Bertz CT molecular complexity index is 988. The quantitative estimate of drug-likeness (QED) is 0.561. The molecule has 8 nitrogen and oxygen atoms in total. The number of para-hydroxylation sites is 1. The third kappa shape index (κ3) is 6.77. The summed E-state index contributed by atoms with van der Waals surface area (Å²) in [5, 5.41) is 5.53. The number of rotatable bonds is 9. The van der Waals surface area contributed by atoms with Gasteiger partial charge in [0.2, 0.25) is 15.9 Å². The molecule has 0 heterocycles. The first-order valence-electron chi connectivity index (χ1n) is 9.39. The largest absolute Gasteiger partial charge is 0.497 e. The van der Waals surface area contributed by atoms with E-state index in [0.717, 1.165) is 6.26 Å². The van der Waals surface area contributed by atoms with Crippen LogP contribution in [0.2, 0.25) is 0 Å². The second-order valence-electron chi connectivity index (χ2n) is 7.17. The molecule has 0 spiro atoms. The van der Waals surface area contributed by atoms with Gasteiger partial charge in [-0.15, -0.1) is 0 Å². The van der Waals surface area contributed by atoms with Crippen LogP contribution in [0.15, 0.2) is 48.5 Å². The molecule has 0 saturated heterocycles. The molecule has 1 atom stereocenters. The molecule has 0 fully saturated rings. The third-order valence-electron chi connectivity index (χ3n) is 4.35. The van der Waals surface area contributed by atoms with Crippen LogP contribution in [0.25, 0.3) is 0 Å². The van der Waals surface area contributed by atoms with E-state index in [0.29, 0.717) is 22.6 Å². The topological polar surface area (TPSA) is 114 Å². The Morgan fingerprint density at radius 2 is 1.67 bits per heavy atom. The molecule has 1 unspecified atom stereocenters. The molecule has 30 heavy (non-hydrogen) atoms. The molecule has 2 rings (SSSR count). The van der Waals surface area contributed by atoms with Crippen LogP contribution in [-0.4, -0.2) is 39.6 Å². The van der Waals surface area contributed by atoms with Crippen molar-refractivity contribution in [2.24, 2.45) is 5.92 Å². The maximum atomic E-state index is 12.7. The Balaban J connectivity index is 2.06. The predicted molar refractivity (Wildman–Crippen MR) is 116 cm³/mol. The monoisotopic (exact) mass is 433 g/mol. The molecule has 0 radical (unpaired) electrons. The first-order chi connectivity index (χ1) is 14.1. The van der Waals surface area contributed by atoms with Crippen LogP contribution in [-0.2, 0) is 21.4 Å². The first kappa shape index (κ1) is 23.2. The van der Waals surface area contributed by atoms with Gasteiger partial charge >= 0.3 is 0 Å². The van der Waals surface area contributed by atoms with Crippen LogP contribution in [0, 0.1) is 5.92 Å². The summed E-state index contributed by atoms with van der Waals surface area (Å²) in [5.74, 6) is -0.255. The lowest BCUT2D eigenvalue weighted by molar-refractivity contribution is -0.124. The molecule has 2 aromatic carbocycles. The Kier molecular flexibility index (Phi) is 7.82. The second kappa shape index (κ2) is 10.1. The number of carbonyl (C=O) groups excluding carboxylic acids is 2. The van der Waals surface area contributed by atoms with Crippen molar-refractivity contribution in [1.82, 2.24) is 10.6 Å². The zero-order valence-electron chi connectivity index (χ0n) is 17.4. The molecular weight excluding hydrogens is 406 g/mol. The van der Waals surface area contributed by atoms with Gasteiger partial charge in [0.05, 0.1) is 19.1 Å². The lowest BCUT2D eigenvalue weighted by atomic mass is 10.0. The minimum absolute atomic E-state index is 0.110. The number of anilines is 1. The molecule has 0 aromatic heterocycles. The molecule has 0 saturated carbocycles. The second-order valence-corrected chi connectivity index (χ2v) is 8.92. The van der Waals surface area contributed by atoms with Gasteiger partial charge in [0.15, 0.2) is 0 Å². The van der Waals surface area contributed by atoms with E-state index in [1.165, 1.54) is 7.11 Å². The van der Waals surface area contributed by atoms with Gasteiger partial charge in [-0.05, 0) is 41.8 Å². The van der Waals surface area contributed by atoms with Gasteiger partial charge in [-0.25, -0.2) is 8.42 Å². The SMILES string of the molecule is COc1ccc(C(=O)NC(C(=O)NCc2ccccc2NS(C)(=O)=O)C(C)C)cc1. The predicted octanol–water partition coefficient (Wildman–Crippen LogP) is 2.14. The van der Waals surface area contributed by atoms with Gasteiger partial charge in [0.25, 0.3) is 5.91 Å². The van der Waals surface area contributed by atoms with Crippen LogP contribution < -0.4 is 20.1 Å². The first-order valence-corrected chi connectivity index (χ1v) is 11.3. The van der Waals surface area contributed by atoms with Crippen molar-refractivity contribution in [2.45, 2.75) is 26.4 Å². The molecule has 162 valence electrons. The fourth-order valence-electron chi connectivity index (χ4n) is 2.77. The number of carbonyl (C=O) groups is 2. The number of methoxy groups -OCH3 is 1. The van der Waals surface area contributed by atoms with Crippen LogP contribution in [0.3, 0.4) is 0 Å². The summed E-state index contributed by atoms with van der Waals surface area (Å²) in [5.41, 5.74) is 1.42. The average molecular weight is 434 g/mol. The minimum atomic E-state index is -3.45. The standard InChI is InChI=1S/C21H27N3O5S/c1-14(2)19(23-20(25)15-9-11-17(29-3)12-10-15)21(26)22-13-16-7-5-6-8-18(16)24-30(4,27)28/h5-12,14,19,24H,13H2,1-4H3,(H,22,26)(H,23,25). The molecule has 0 bridgehead atoms. The number of benzene rings is 2. The molecule has 0 aliphatic heterocycles. The van der Waals surface area contributed by atoms with Crippen molar-refractivity contribution in [1.29, 1.82) is 0 Å². The van der Waals surface area contributed by atoms with E-state index in [2.05, 4.69) is 15.4 Å². The van der Waals surface area contributed by atoms with E-state index in [1.54, 1.807) is 48.5 Å². The van der Waals surface area contributed by atoms with Crippen LogP contribution in [0.4, 0.5) is 5.69 Å². The van der Waals surface area contributed by atoms with Crippen LogP contribution >= 0.6 is 0 Å². The van der Waals surface area contributed by atoms with Gasteiger partial charge in [0, 0.05) is 12.1 Å². The summed E-state index contributed by atoms with van der Waals surface area (Å²) in [6.45, 7) is 3.77. The highest BCUT2D eigenvalue weighted by atomic mass is 32.2. The molecule has 0 aliphatic carbocycles. The van der Waals surface area contributed by atoms with Gasteiger partial charge in [-0.2, -0.15) is 0 Å². The lowest BCUT2D eigenvalue weighted by Crippen LogP contribution is -2.49. The van der Waals surface area contributed by atoms with Crippen LogP contribution in [0.1, 0.15) is 29.8 Å². The van der Waals surface area contributed by atoms with Gasteiger partial charge in [0.1, 0.15) is 11.8 Å². The number of hydrogen-bond donors (Lipinski definition) is 3. The van der Waals surface area contributed by atoms with Crippen molar-refractivity contribution in [3.05, 3.63) is 59.7 Å². The Labute approximate surface area is 177 Å². The molecule has 9 heteroatoms. The van der Waals surface area contributed by atoms with Crippen molar-refractivity contribution in [3.63, 3.8) is 0 Å². The summed E-state index contributed by atoms with van der Waals surface area (Å²) in [6.07, 6.45) is 1.06. The van der Waals surface area contributed by atoms with E-state index >= 15 is 0 Å². The van der Waals surface area contributed by atoms with E-state index in [4.69, 9.17) is 4.74 Å². The van der Waals surface area contributed by atoms with Crippen molar-refractivity contribution < 1.29 is 22.7 Å². The maximum Gasteiger partial charge on any atom is 0.251 e. The fraction of sp³-hybridized carbons (Fsp3) is 0.333. The van der Waals surface area contributed by atoms with Crippen molar-refractivity contribution in [3.8, 4) is 5.75 Å². The Morgan fingerprint density at radius 3 is 2.23 bits per heavy atom. The molecule has 0 aliphatic rings. The summed E-state index contributed by atoms with van der Waals surface area (Å²) >= 11 is 0. The van der Waals surface area contributed by atoms with Crippen LogP contribution in [0.5, 0.6) is 5.75 Å². The summed E-state index contributed by atoms with van der Waals surface area (Å²) in [6, 6.07) is 12.6. The third-order valence-corrected chi connectivity index (χ3v) is 4.94. The number of sulfonamides is 1. The van der Waals surface area contributed by atoms with Gasteiger partial charge in [-0.1, -0.05) is 32.0 Å². The summed E-state index contributed by atoms with van der Waals surface area (Å²) < 4.78 is 30.6. The maximum absolute atomic E-state index is 12.7. The number of ether oxygens (including phenoxy) is 1. The van der Waals surface area contributed by atoms with Crippen molar-refractivity contribution >= 4 is 27.5 Å². The number of hydrogen-bond acceptors (Lipinski definition) is 5. The van der Waals surface area contributed by atoms with Crippen molar-refractivity contribution in [2.75, 3.05) is 18.1 Å². The molecule has 2 amide bonds. The minimum Gasteiger partial charge on any atom is -0.497 e. The molecular formula is C21H27N3O5S. The normalized spacial score (nSPS) is 12.2. The van der Waals surface area contributed by atoms with E-state index in [9.17, 15) is 18.0 Å². The summed E-state index contributed by atoms with van der Waals surface area (Å²) in [7, 11) is -1.91. The Hall–Kier alpha value is -3.07. The Morgan fingerprint density at radius 1 is 1.03 bits per heavy atom. The highest BCUT2D eigenvalue weighted by molar-refractivity contribution is 7.92. The lowest BCUT2D eigenvalue weighted by Gasteiger charge is -2.22.